The molecule has 42 heavy (non-hydrogen) atoms. The minimum Gasteiger partial charge on any atom is -0.235 e. The van der Waals surface area contributed by atoms with Crippen LogP contribution in [0.2, 0.25) is 0 Å². The summed E-state index contributed by atoms with van der Waals surface area (Å²) in [6.07, 6.45) is 31.9. The Kier molecular flexibility index (Phi) is 16.1. The van der Waals surface area contributed by atoms with E-state index in [2.05, 4.69) is 116 Å². The first-order valence-electron chi connectivity index (χ1n) is 17.7. The Bertz CT molecular complexity index is 1050. The standard InChI is InChI=1S/C40H63N2/c1-5-6-7-8-9-10-11-12-13-14-15-16-17-18-19-26-31-39(42-33-32-41(35-42)36(2)3)40(4,38-29-24-21-25-30-38)34-37-27-22-20-23-28-37/h20-25,27-30,32-33,35-36,39H,5-19,26,31,34H2,1-4H3/q+1. The number of nitrogens with zero attached hydrogens (tertiary/aromatic N) is 2. The molecule has 0 saturated carbocycles. The third kappa shape index (κ3) is 11.7. The van der Waals surface area contributed by atoms with Crippen molar-refractivity contribution in [3.63, 3.8) is 0 Å². The number of aromatic nitrogens is 2. The number of benzene rings is 2. The third-order valence-electron chi connectivity index (χ3n) is 9.55. The molecule has 0 aliphatic rings. The van der Waals surface area contributed by atoms with Gasteiger partial charge in [-0.3, -0.25) is 0 Å². The van der Waals surface area contributed by atoms with E-state index in [0.717, 1.165) is 6.42 Å². The third-order valence-corrected chi connectivity index (χ3v) is 9.55. The first-order valence-corrected chi connectivity index (χ1v) is 17.7. The van der Waals surface area contributed by atoms with Crippen molar-refractivity contribution in [1.29, 1.82) is 0 Å². The fourth-order valence-corrected chi connectivity index (χ4v) is 6.81. The van der Waals surface area contributed by atoms with Crippen molar-refractivity contribution in [2.75, 3.05) is 0 Å². The van der Waals surface area contributed by atoms with Crippen molar-refractivity contribution < 1.29 is 4.57 Å². The topological polar surface area (TPSA) is 8.81 Å². The van der Waals surface area contributed by atoms with Gasteiger partial charge in [-0.05, 0) is 44.2 Å². The molecule has 0 N–H and O–H groups in total. The van der Waals surface area contributed by atoms with Gasteiger partial charge in [0.25, 0.3) is 0 Å². The second-order valence-corrected chi connectivity index (χ2v) is 13.5. The van der Waals surface area contributed by atoms with E-state index in [1.165, 1.54) is 120 Å². The van der Waals surface area contributed by atoms with Crippen molar-refractivity contribution in [3.8, 4) is 0 Å². The average Bonchev–Trinajstić information content (AvgIpc) is 3.50. The van der Waals surface area contributed by atoms with Crippen LogP contribution in [0.3, 0.4) is 0 Å². The number of hydrogen-bond acceptors (Lipinski definition) is 0. The van der Waals surface area contributed by atoms with Gasteiger partial charge in [0.2, 0.25) is 6.33 Å². The summed E-state index contributed by atoms with van der Waals surface area (Å²) < 4.78 is 4.88. The SMILES string of the molecule is CCCCCCCCCCCCCCCCCCC([n+]1ccn(C(C)C)c1)C(C)(Cc1ccccc1)c1ccccc1. The lowest BCUT2D eigenvalue weighted by Crippen LogP contribution is -2.50. The van der Waals surface area contributed by atoms with Gasteiger partial charge in [0.1, 0.15) is 18.4 Å². The first kappa shape index (κ1) is 34.1. The summed E-state index contributed by atoms with van der Waals surface area (Å²) >= 11 is 0. The molecule has 3 aromatic rings. The Morgan fingerprint density at radius 1 is 0.643 bits per heavy atom. The summed E-state index contributed by atoms with van der Waals surface area (Å²) in [6, 6.07) is 23.3. The van der Waals surface area contributed by atoms with Crippen LogP contribution in [0, 0.1) is 0 Å². The minimum absolute atomic E-state index is 0.00590. The van der Waals surface area contributed by atoms with E-state index < -0.39 is 0 Å². The molecule has 0 aliphatic heterocycles. The summed E-state index contributed by atoms with van der Waals surface area (Å²) in [4.78, 5) is 0. The summed E-state index contributed by atoms with van der Waals surface area (Å²) in [6.45, 7) is 9.36. The summed E-state index contributed by atoms with van der Waals surface area (Å²) in [7, 11) is 0. The molecule has 1 aromatic heterocycles. The predicted molar refractivity (Wildman–Crippen MR) is 182 cm³/mol. The second kappa shape index (κ2) is 19.8. The summed E-state index contributed by atoms with van der Waals surface area (Å²) in [5.41, 5.74) is 2.87. The van der Waals surface area contributed by atoms with Crippen LogP contribution < -0.4 is 4.57 Å². The Morgan fingerprint density at radius 2 is 1.12 bits per heavy atom. The van der Waals surface area contributed by atoms with E-state index in [1.54, 1.807) is 0 Å². The van der Waals surface area contributed by atoms with Crippen molar-refractivity contribution in [2.45, 2.75) is 161 Å². The molecule has 0 aliphatic carbocycles. The van der Waals surface area contributed by atoms with Crippen LogP contribution in [0.15, 0.2) is 79.4 Å². The van der Waals surface area contributed by atoms with Crippen LogP contribution in [-0.2, 0) is 11.8 Å². The number of imidazole rings is 1. The lowest BCUT2D eigenvalue weighted by molar-refractivity contribution is -0.732. The molecular formula is C40H63N2+. The molecule has 2 unspecified atom stereocenters. The highest BCUT2D eigenvalue weighted by atomic mass is 15.1. The van der Waals surface area contributed by atoms with Gasteiger partial charge in [0.15, 0.2) is 0 Å². The van der Waals surface area contributed by atoms with E-state index in [9.17, 15) is 0 Å². The van der Waals surface area contributed by atoms with Crippen LogP contribution in [0.1, 0.15) is 160 Å². The minimum atomic E-state index is 0.00590. The fraction of sp³-hybridized carbons (Fsp3) is 0.625. The van der Waals surface area contributed by atoms with Gasteiger partial charge < -0.3 is 0 Å². The van der Waals surface area contributed by atoms with Gasteiger partial charge in [-0.1, -0.05) is 171 Å². The molecule has 0 bridgehead atoms. The second-order valence-electron chi connectivity index (χ2n) is 13.5. The molecule has 3 rings (SSSR count). The van der Waals surface area contributed by atoms with Crippen molar-refractivity contribution in [2.24, 2.45) is 0 Å². The molecule has 232 valence electrons. The summed E-state index contributed by atoms with van der Waals surface area (Å²) in [5.74, 6) is 0. The highest BCUT2D eigenvalue weighted by Gasteiger charge is 2.40. The molecular weight excluding hydrogens is 508 g/mol. The Hall–Kier alpha value is -2.35. The van der Waals surface area contributed by atoms with E-state index in [0.29, 0.717) is 12.1 Å². The normalized spacial score (nSPS) is 13.8. The first-order chi connectivity index (χ1) is 20.5. The lowest BCUT2D eigenvalue weighted by atomic mass is 9.70. The monoisotopic (exact) mass is 571 g/mol. The van der Waals surface area contributed by atoms with Crippen LogP contribution >= 0.6 is 0 Å². The molecule has 0 amide bonds. The van der Waals surface area contributed by atoms with Crippen LogP contribution in [-0.4, -0.2) is 4.57 Å². The van der Waals surface area contributed by atoms with Gasteiger partial charge in [-0.2, -0.15) is 0 Å². The number of hydrogen-bond donors (Lipinski definition) is 0. The number of unbranched alkanes of at least 4 members (excludes halogenated alkanes) is 15. The average molecular weight is 572 g/mol. The molecule has 0 spiro atoms. The summed E-state index contributed by atoms with van der Waals surface area (Å²) in [5, 5.41) is 0. The van der Waals surface area contributed by atoms with Gasteiger partial charge in [-0.15, -0.1) is 0 Å². The van der Waals surface area contributed by atoms with Crippen LogP contribution in [0.25, 0.3) is 0 Å². The molecule has 2 nitrogen and oxygen atoms in total. The number of rotatable bonds is 23. The van der Waals surface area contributed by atoms with E-state index in [4.69, 9.17) is 0 Å². The molecule has 2 aromatic carbocycles. The Balaban J connectivity index is 1.49. The zero-order valence-corrected chi connectivity index (χ0v) is 27.8. The van der Waals surface area contributed by atoms with Crippen LogP contribution in [0.4, 0.5) is 0 Å². The lowest BCUT2D eigenvalue weighted by Gasteiger charge is -2.37. The highest BCUT2D eigenvalue weighted by Crippen LogP contribution is 2.39. The Morgan fingerprint density at radius 3 is 1.60 bits per heavy atom. The maximum absolute atomic E-state index is 2.53. The van der Waals surface area contributed by atoms with E-state index in [-0.39, 0.29) is 5.41 Å². The van der Waals surface area contributed by atoms with Crippen molar-refractivity contribution in [3.05, 3.63) is 90.5 Å². The zero-order chi connectivity index (χ0) is 29.9. The van der Waals surface area contributed by atoms with Crippen molar-refractivity contribution in [1.82, 2.24) is 4.57 Å². The maximum atomic E-state index is 2.53. The van der Waals surface area contributed by atoms with Crippen molar-refractivity contribution >= 4 is 0 Å². The largest absolute Gasteiger partial charge is 0.244 e. The fourth-order valence-electron chi connectivity index (χ4n) is 6.81. The van der Waals surface area contributed by atoms with Gasteiger partial charge in [-0.25, -0.2) is 9.13 Å². The van der Waals surface area contributed by atoms with E-state index >= 15 is 0 Å². The molecule has 0 saturated heterocycles. The molecule has 0 radical (unpaired) electrons. The van der Waals surface area contributed by atoms with Gasteiger partial charge >= 0.3 is 0 Å². The van der Waals surface area contributed by atoms with Gasteiger partial charge in [0.05, 0.1) is 6.04 Å². The molecule has 1 heterocycles. The Labute approximate surface area is 260 Å². The zero-order valence-electron chi connectivity index (χ0n) is 27.8. The smallest absolute Gasteiger partial charge is 0.235 e. The van der Waals surface area contributed by atoms with Gasteiger partial charge in [0, 0.05) is 5.41 Å². The van der Waals surface area contributed by atoms with Crippen LogP contribution in [0.5, 0.6) is 0 Å². The van der Waals surface area contributed by atoms with E-state index in [1.807, 2.05) is 0 Å². The molecule has 2 heteroatoms. The highest BCUT2D eigenvalue weighted by molar-refractivity contribution is 5.29. The molecule has 0 fully saturated rings. The molecule has 2 atom stereocenters. The predicted octanol–water partition coefficient (Wildman–Crippen LogP) is 11.7. The maximum Gasteiger partial charge on any atom is 0.244 e. The quantitative estimate of drug-likeness (QED) is 0.0790.